The minimum Gasteiger partial charge on any atom is -0.396 e. The zero-order valence-corrected chi connectivity index (χ0v) is 11.8. The molecule has 0 aromatic heterocycles. The van der Waals surface area contributed by atoms with Crippen LogP contribution in [0.4, 0.5) is 0 Å². The second-order valence-electron chi connectivity index (χ2n) is 6.30. The van der Waals surface area contributed by atoms with E-state index >= 15 is 0 Å². The third kappa shape index (κ3) is 2.23. The van der Waals surface area contributed by atoms with Crippen molar-refractivity contribution in [3.05, 3.63) is 0 Å². The van der Waals surface area contributed by atoms with Gasteiger partial charge in [-0.3, -0.25) is 4.79 Å². The molecule has 0 saturated heterocycles. The average molecular weight is 254 g/mol. The molecule has 2 fully saturated rings. The monoisotopic (exact) mass is 254 g/mol. The highest BCUT2D eigenvalue weighted by Crippen LogP contribution is 2.50. The molecule has 0 aromatic rings. The zero-order valence-electron chi connectivity index (χ0n) is 11.8. The molecule has 1 N–H and O–H groups in total. The van der Waals surface area contributed by atoms with Crippen molar-refractivity contribution in [2.45, 2.75) is 51.6 Å². The molecule has 2 saturated carbocycles. The Hall–Kier alpha value is -0.410. The van der Waals surface area contributed by atoms with Crippen LogP contribution in [-0.4, -0.2) is 30.2 Å². The molecule has 2 unspecified atom stereocenters. The summed E-state index contributed by atoms with van der Waals surface area (Å²) in [6.45, 7) is 4.55. The number of ketones is 1. The van der Waals surface area contributed by atoms with Crippen molar-refractivity contribution < 1.29 is 14.6 Å². The van der Waals surface area contributed by atoms with Gasteiger partial charge in [-0.05, 0) is 43.9 Å². The Morgan fingerprint density at radius 2 is 2.17 bits per heavy atom. The lowest BCUT2D eigenvalue weighted by Gasteiger charge is -2.51. The van der Waals surface area contributed by atoms with Crippen LogP contribution < -0.4 is 0 Å². The summed E-state index contributed by atoms with van der Waals surface area (Å²) in [7, 11) is 1.76. The number of rotatable bonds is 3. The van der Waals surface area contributed by atoms with E-state index in [0.717, 1.165) is 25.7 Å². The molecule has 0 amide bonds. The number of hydrogen-bond acceptors (Lipinski definition) is 3. The van der Waals surface area contributed by atoms with Gasteiger partial charge in [0.05, 0.1) is 5.60 Å². The summed E-state index contributed by atoms with van der Waals surface area (Å²) in [4.78, 5) is 12.3. The van der Waals surface area contributed by atoms with E-state index in [4.69, 9.17) is 4.74 Å². The molecule has 18 heavy (non-hydrogen) atoms. The highest BCUT2D eigenvalue weighted by Gasteiger charge is 2.51. The molecule has 0 aliphatic heterocycles. The first kappa shape index (κ1) is 14.0. The lowest BCUT2D eigenvalue weighted by atomic mass is 9.56. The van der Waals surface area contributed by atoms with Gasteiger partial charge in [0, 0.05) is 26.1 Å². The fourth-order valence-corrected chi connectivity index (χ4v) is 4.17. The molecule has 3 heteroatoms. The molecule has 0 spiro atoms. The molecular weight excluding hydrogens is 228 g/mol. The van der Waals surface area contributed by atoms with Crippen molar-refractivity contribution >= 4 is 5.78 Å². The summed E-state index contributed by atoms with van der Waals surface area (Å²) >= 11 is 0. The highest BCUT2D eigenvalue weighted by atomic mass is 16.5. The maximum Gasteiger partial charge on any atom is 0.136 e. The smallest absolute Gasteiger partial charge is 0.136 e. The Morgan fingerprint density at radius 3 is 2.72 bits per heavy atom. The van der Waals surface area contributed by atoms with Crippen molar-refractivity contribution in [1.29, 1.82) is 0 Å². The van der Waals surface area contributed by atoms with Crippen LogP contribution in [-0.2, 0) is 9.53 Å². The molecule has 0 aromatic carbocycles. The fraction of sp³-hybridized carbons (Fsp3) is 0.933. The van der Waals surface area contributed by atoms with Crippen molar-refractivity contribution in [2.24, 2.45) is 23.7 Å². The van der Waals surface area contributed by atoms with E-state index in [-0.39, 0.29) is 18.1 Å². The number of aliphatic hydroxyl groups excluding tert-OH is 1. The van der Waals surface area contributed by atoms with E-state index in [0.29, 0.717) is 30.0 Å². The first-order valence-corrected chi connectivity index (χ1v) is 7.24. The molecule has 0 radical (unpaired) electrons. The number of fused-ring (bicyclic) bond motifs is 1. The van der Waals surface area contributed by atoms with Crippen LogP contribution >= 0.6 is 0 Å². The number of carbonyl (C=O) groups excluding carboxylic acids is 1. The van der Waals surface area contributed by atoms with Crippen molar-refractivity contribution in [3.63, 3.8) is 0 Å². The first-order chi connectivity index (χ1) is 8.55. The number of hydrogen-bond donors (Lipinski definition) is 1. The third-order valence-corrected chi connectivity index (χ3v) is 5.44. The Kier molecular flexibility index (Phi) is 4.12. The maximum atomic E-state index is 12.3. The zero-order chi connectivity index (χ0) is 13.3. The van der Waals surface area contributed by atoms with Crippen molar-refractivity contribution in [3.8, 4) is 0 Å². The summed E-state index contributed by atoms with van der Waals surface area (Å²) in [6, 6.07) is 0. The van der Waals surface area contributed by atoms with Gasteiger partial charge in [-0.1, -0.05) is 13.3 Å². The number of methoxy groups -OCH3 is 1. The Morgan fingerprint density at radius 1 is 1.44 bits per heavy atom. The topological polar surface area (TPSA) is 46.5 Å². The SMILES string of the molecule is CC[C@H]1CC(CO)C[C@@H]2[C@H]1C(=O)CCC2(C)OC. The number of ether oxygens (including phenoxy) is 1. The molecule has 0 bridgehead atoms. The molecule has 2 rings (SSSR count). The van der Waals surface area contributed by atoms with E-state index in [9.17, 15) is 9.90 Å². The van der Waals surface area contributed by atoms with Crippen LogP contribution in [0, 0.1) is 23.7 Å². The Bertz CT molecular complexity index is 315. The third-order valence-electron chi connectivity index (χ3n) is 5.44. The van der Waals surface area contributed by atoms with E-state index in [1.165, 1.54) is 0 Å². The second-order valence-corrected chi connectivity index (χ2v) is 6.30. The van der Waals surface area contributed by atoms with Crippen LogP contribution in [0.2, 0.25) is 0 Å². The summed E-state index contributed by atoms with van der Waals surface area (Å²) in [5.41, 5.74) is -0.181. The van der Waals surface area contributed by atoms with Gasteiger partial charge in [0.2, 0.25) is 0 Å². The average Bonchev–Trinajstić information content (AvgIpc) is 2.41. The van der Waals surface area contributed by atoms with Gasteiger partial charge >= 0.3 is 0 Å². The van der Waals surface area contributed by atoms with E-state index in [1.54, 1.807) is 7.11 Å². The lowest BCUT2D eigenvalue weighted by Crippen LogP contribution is -2.53. The molecule has 2 aliphatic rings. The molecular formula is C15H26O3. The minimum atomic E-state index is -0.181. The second kappa shape index (κ2) is 5.30. The minimum absolute atomic E-state index is 0.163. The van der Waals surface area contributed by atoms with Gasteiger partial charge in [-0.25, -0.2) is 0 Å². The van der Waals surface area contributed by atoms with E-state index in [2.05, 4.69) is 13.8 Å². The largest absolute Gasteiger partial charge is 0.396 e. The predicted octanol–water partition coefficient (Wildman–Crippen LogP) is 2.42. The molecule has 0 heterocycles. The quantitative estimate of drug-likeness (QED) is 0.841. The van der Waals surface area contributed by atoms with Gasteiger partial charge in [0.15, 0.2) is 0 Å². The summed E-state index contributed by atoms with van der Waals surface area (Å²) in [5, 5.41) is 9.48. The lowest BCUT2D eigenvalue weighted by molar-refractivity contribution is -0.157. The van der Waals surface area contributed by atoms with Crippen LogP contribution in [0.1, 0.15) is 46.0 Å². The predicted molar refractivity (Wildman–Crippen MR) is 70.2 cm³/mol. The van der Waals surface area contributed by atoms with E-state index < -0.39 is 0 Å². The van der Waals surface area contributed by atoms with E-state index in [1.807, 2.05) is 0 Å². The highest BCUT2D eigenvalue weighted by molar-refractivity contribution is 5.83. The number of Topliss-reactive ketones (excluding diaryl/α,β-unsaturated/α-hetero) is 1. The van der Waals surface area contributed by atoms with Crippen LogP contribution in [0.25, 0.3) is 0 Å². The molecule has 3 nitrogen and oxygen atoms in total. The standard InChI is InChI=1S/C15H26O3/c1-4-11-7-10(9-16)8-12-14(11)13(17)5-6-15(12,2)18-3/h10-12,14,16H,4-9H2,1-3H3/t10?,11-,12+,14-,15?/m0/s1. The molecule has 2 aliphatic carbocycles. The summed E-state index contributed by atoms with van der Waals surface area (Å²) in [6.07, 6.45) is 4.46. The number of carbonyl (C=O) groups is 1. The first-order valence-electron chi connectivity index (χ1n) is 7.24. The van der Waals surface area contributed by atoms with Crippen LogP contribution in [0.3, 0.4) is 0 Å². The van der Waals surface area contributed by atoms with Gasteiger partial charge in [0.1, 0.15) is 5.78 Å². The van der Waals surface area contributed by atoms with Crippen LogP contribution in [0.5, 0.6) is 0 Å². The summed E-state index contributed by atoms with van der Waals surface area (Å²) < 4.78 is 5.75. The molecule has 104 valence electrons. The van der Waals surface area contributed by atoms with Gasteiger partial charge in [-0.15, -0.1) is 0 Å². The number of aliphatic hydroxyl groups is 1. The summed E-state index contributed by atoms with van der Waals surface area (Å²) in [5.74, 6) is 1.66. The fourth-order valence-electron chi connectivity index (χ4n) is 4.17. The van der Waals surface area contributed by atoms with Crippen molar-refractivity contribution in [1.82, 2.24) is 0 Å². The Labute approximate surface area is 110 Å². The Balaban J connectivity index is 2.28. The van der Waals surface area contributed by atoms with Gasteiger partial charge in [-0.2, -0.15) is 0 Å². The van der Waals surface area contributed by atoms with Crippen molar-refractivity contribution in [2.75, 3.05) is 13.7 Å². The van der Waals surface area contributed by atoms with Gasteiger partial charge in [0.25, 0.3) is 0 Å². The maximum absolute atomic E-state index is 12.3. The molecule has 5 atom stereocenters. The van der Waals surface area contributed by atoms with Crippen LogP contribution in [0.15, 0.2) is 0 Å². The normalized spacial score (nSPS) is 44.8. The van der Waals surface area contributed by atoms with Gasteiger partial charge < -0.3 is 9.84 Å².